The summed E-state index contributed by atoms with van der Waals surface area (Å²) >= 11 is 4.77. The van der Waals surface area contributed by atoms with E-state index in [0.717, 1.165) is 33.7 Å². The Morgan fingerprint density at radius 1 is 1.23 bits per heavy atom. The Balaban J connectivity index is 1.56. The third-order valence-electron chi connectivity index (χ3n) is 5.74. The number of aryl methyl sites for hydroxylation is 1. The molecule has 1 amide bonds. The molecule has 162 valence electrons. The van der Waals surface area contributed by atoms with E-state index in [1.54, 1.807) is 4.90 Å². The van der Waals surface area contributed by atoms with Crippen LogP contribution in [-0.2, 0) is 6.42 Å². The van der Waals surface area contributed by atoms with Crippen molar-refractivity contribution in [1.29, 1.82) is 0 Å². The van der Waals surface area contributed by atoms with Gasteiger partial charge in [0.05, 0.1) is 10.5 Å². The fraction of sp³-hybridized carbons (Fsp3) is 0.333. The molecule has 2 atom stereocenters. The SMILES string of the molecule is O=C(c1nn2c(c1Br)N[C@@H](c1cccs1)C[C@H]2C(F)(F)F)N1CCCc2ccccc21. The Bertz CT molecular complexity index is 1130. The van der Waals surface area contributed by atoms with Gasteiger partial charge in [0.1, 0.15) is 5.82 Å². The highest BCUT2D eigenvalue weighted by atomic mass is 79.9. The number of thiophene rings is 1. The molecule has 0 aliphatic carbocycles. The minimum Gasteiger partial charge on any atom is -0.362 e. The zero-order chi connectivity index (χ0) is 21.8. The first-order valence-corrected chi connectivity index (χ1v) is 11.6. The van der Waals surface area contributed by atoms with Crippen LogP contribution < -0.4 is 10.2 Å². The van der Waals surface area contributed by atoms with Gasteiger partial charge in [0.15, 0.2) is 11.7 Å². The number of carbonyl (C=O) groups excluding carboxylic acids is 1. The highest BCUT2D eigenvalue weighted by molar-refractivity contribution is 9.10. The Labute approximate surface area is 189 Å². The lowest BCUT2D eigenvalue weighted by molar-refractivity contribution is -0.173. The average molecular weight is 511 g/mol. The highest BCUT2D eigenvalue weighted by Crippen LogP contribution is 2.47. The van der Waals surface area contributed by atoms with E-state index in [1.807, 2.05) is 41.8 Å². The molecule has 31 heavy (non-hydrogen) atoms. The number of hydrogen-bond acceptors (Lipinski definition) is 4. The molecule has 0 fully saturated rings. The summed E-state index contributed by atoms with van der Waals surface area (Å²) in [5, 5.41) is 9.16. The maximum absolute atomic E-state index is 13.9. The number of hydrogen-bond donors (Lipinski definition) is 1. The van der Waals surface area contributed by atoms with Crippen molar-refractivity contribution >= 4 is 44.7 Å². The lowest BCUT2D eigenvalue weighted by Gasteiger charge is -2.33. The number of fused-ring (bicyclic) bond motifs is 2. The predicted octanol–water partition coefficient (Wildman–Crippen LogP) is 5.96. The van der Waals surface area contributed by atoms with Crippen LogP contribution in [0.3, 0.4) is 0 Å². The molecule has 1 aromatic carbocycles. The van der Waals surface area contributed by atoms with Crippen LogP contribution in [-0.4, -0.2) is 28.4 Å². The third-order valence-corrected chi connectivity index (χ3v) is 7.48. The van der Waals surface area contributed by atoms with Crippen LogP contribution >= 0.6 is 27.3 Å². The number of nitrogens with one attached hydrogen (secondary N) is 1. The van der Waals surface area contributed by atoms with Gasteiger partial charge in [-0.05, 0) is 51.8 Å². The van der Waals surface area contributed by atoms with Gasteiger partial charge < -0.3 is 10.2 Å². The number of alkyl halides is 3. The van der Waals surface area contributed by atoms with Gasteiger partial charge in [-0.1, -0.05) is 24.3 Å². The smallest absolute Gasteiger partial charge is 0.362 e. The lowest BCUT2D eigenvalue weighted by Crippen LogP contribution is -2.37. The van der Waals surface area contributed by atoms with Crippen molar-refractivity contribution in [1.82, 2.24) is 9.78 Å². The minimum absolute atomic E-state index is 0.0136. The zero-order valence-corrected chi connectivity index (χ0v) is 18.6. The summed E-state index contributed by atoms with van der Waals surface area (Å²) in [6.07, 6.45) is -3.03. The number of amides is 1. The Hall–Kier alpha value is -2.33. The van der Waals surface area contributed by atoms with E-state index in [0.29, 0.717) is 6.54 Å². The maximum atomic E-state index is 13.9. The normalized spacial score (nSPS) is 20.7. The van der Waals surface area contributed by atoms with Gasteiger partial charge in [0, 0.05) is 23.5 Å². The molecule has 0 unspecified atom stereocenters. The van der Waals surface area contributed by atoms with Crippen molar-refractivity contribution in [3.63, 3.8) is 0 Å². The molecule has 2 aliphatic heterocycles. The van der Waals surface area contributed by atoms with Gasteiger partial charge >= 0.3 is 6.18 Å². The molecular weight excluding hydrogens is 493 g/mol. The lowest BCUT2D eigenvalue weighted by atomic mass is 10.0. The van der Waals surface area contributed by atoms with E-state index >= 15 is 0 Å². The van der Waals surface area contributed by atoms with Gasteiger partial charge in [-0.25, -0.2) is 4.68 Å². The Kier molecular flexibility index (Phi) is 5.09. The number of nitrogens with zero attached hydrogens (tertiary/aromatic N) is 3. The van der Waals surface area contributed by atoms with Crippen molar-refractivity contribution in [2.75, 3.05) is 16.8 Å². The summed E-state index contributed by atoms with van der Waals surface area (Å²) in [5.41, 5.74) is 1.82. The molecule has 2 aromatic heterocycles. The molecule has 1 N–H and O–H groups in total. The van der Waals surface area contributed by atoms with E-state index in [4.69, 9.17) is 0 Å². The van der Waals surface area contributed by atoms with Crippen molar-refractivity contribution in [2.24, 2.45) is 0 Å². The molecule has 5 nitrogen and oxygen atoms in total. The summed E-state index contributed by atoms with van der Waals surface area (Å²) in [6, 6.07) is 8.90. The number of halogens is 4. The van der Waals surface area contributed by atoms with Gasteiger partial charge in [-0.3, -0.25) is 4.79 Å². The molecule has 0 saturated carbocycles. The zero-order valence-electron chi connectivity index (χ0n) is 16.2. The Morgan fingerprint density at radius 3 is 2.77 bits per heavy atom. The summed E-state index contributed by atoms with van der Waals surface area (Å²) in [5.74, 6) is -0.225. The fourth-order valence-corrected chi connectivity index (χ4v) is 5.61. The fourth-order valence-electron chi connectivity index (χ4n) is 4.27. The first-order chi connectivity index (χ1) is 14.8. The predicted molar refractivity (Wildman–Crippen MR) is 117 cm³/mol. The molecule has 4 heterocycles. The summed E-state index contributed by atoms with van der Waals surface area (Å²) in [7, 11) is 0. The standard InChI is InChI=1S/C21H18BrF3N4OS/c22-17-18(20(30)28-9-3-6-12-5-1-2-7-14(12)28)27-29-16(21(23,24)25)11-13(26-19(17)29)15-8-4-10-31-15/h1-2,4-5,7-8,10,13,16,26H,3,6,9,11H2/t13-,16+/m1/s1. The van der Waals surface area contributed by atoms with Crippen LogP contribution in [0, 0.1) is 0 Å². The molecule has 0 saturated heterocycles. The average Bonchev–Trinajstić information content (AvgIpc) is 3.40. The van der Waals surface area contributed by atoms with Crippen LogP contribution in [0.4, 0.5) is 24.7 Å². The van der Waals surface area contributed by atoms with Crippen LogP contribution in [0.25, 0.3) is 0 Å². The van der Waals surface area contributed by atoms with Gasteiger partial charge in [-0.2, -0.15) is 18.3 Å². The van der Waals surface area contributed by atoms with Crippen molar-refractivity contribution in [3.05, 3.63) is 62.4 Å². The van der Waals surface area contributed by atoms with Crippen LogP contribution in [0.2, 0.25) is 0 Å². The quantitative estimate of drug-likeness (QED) is 0.462. The minimum atomic E-state index is -4.49. The molecule has 2 aliphatic rings. The van der Waals surface area contributed by atoms with Crippen LogP contribution in [0.5, 0.6) is 0 Å². The van der Waals surface area contributed by atoms with Gasteiger partial charge in [0.25, 0.3) is 5.91 Å². The third kappa shape index (κ3) is 3.55. The molecule has 0 spiro atoms. The monoisotopic (exact) mass is 510 g/mol. The van der Waals surface area contributed by atoms with Crippen LogP contribution in [0.1, 0.15) is 45.9 Å². The van der Waals surface area contributed by atoms with Crippen molar-refractivity contribution in [2.45, 2.75) is 37.5 Å². The summed E-state index contributed by atoms with van der Waals surface area (Å²) in [4.78, 5) is 15.8. The number of anilines is 2. The topological polar surface area (TPSA) is 50.2 Å². The molecule has 0 bridgehead atoms. The maximum Gasteiger partial charge on any atom is 0.410 e. The first kappa shape index (κ1) is 20.6. The second-order valence-corrected chi connectivity index (χ2v) is 9.42. The number of para-hydroxylation sites is 1. The van der Waals surface area contributed by atoms with E-state index in [9.17, 15) is 18.0 Å². The number of aromatic nitrogens is 2. The van der Waals surface area contributed by atoms with E-state index in [-0.39, 0.29) is 22.4 Å². The first-order valence-electron chi connectivity index (χ1n) is 9.89. The number of benzene rings is 1. The van der Waals surface area contributed by atoms with E-state index in [2.05, 4.69) is 26.3 Å². The molecule has 3 aromatic rings. The molecule has 0 radical (unpaired) electrons. The van der Waals surface area contributed by atoms with Gasteiger partial charge in [-0.15, -0.1) is 11.3 Å². The highest BCUT2D eigenvalue weighted by Gasteiger charge is 2.48. The van der Waals surface area contributed by atoms with Crippen molar-refractivity contribution in [3.8, 4) is 0 Å². The number of rotatable bonds is 2. The van der Waals surface area contributed by atoms with Crippen LogP contribution in [0.15, 0.2) is 46.3 Å². The second kappa shape index (κ2) is 7.67. The molecule has 10 heteroatoms. The van der Waals surface area contributed by atoms with E-state index < -0.39 is 24.2 Å². The molecular formula is C21H18BrF3N4OS. The second-order valence-electron chi connectivity index (χ2n) is 7.65. The van der Waals surface area contributed by atoms with E-state index in [1.165, 1.54) is 11.3 Å². The largest absolute Gasteiger partial charge is 0.410 e. The Morgan fingerprint density at radius 2 is 2.03 bits per heavy atom. The number of carbonyl (C=O) groups is 1. The summed E-state index contributed by atoms with van der Waals surface area (Å²) < 4.78 is 43.0. The van der Waals surface area contributed by atoms with Gasteiger partial charge in [0.2, 0.25) is 0 Å². The van der Waals surface area contributed by atoms with Crippen molar-refractivity contribution < 1.29 is 18.0 Å². The molecule has 5 rings (SSSR count). The summed E-state index contributed by atoms with van der Waals surface area (Å²) in [6.45, 7) is 0.498.